The summed E-state index contributed by atoms with van der Waals surface area (Å²) in [5.74, 6) is 0.406. The Labute approximate surface area is 193 Å². The Morgan fingerprint density at radius 1 is 1.09 bits per heavy atom. The summed E-state index contributed by atoms with van der Waals surface area (Å²) in [4.78, 5) is 39.9. The number of rotatable bonds is 14. The van der Waals surface area contributed by atoms with Crippen molar-refractivity contribution in [1.29, 1.82) is 0 Å². The number of Topliss-reactive ketones (excluding diaryl/α,β-unsaturated/α-hetero) is 1. The quantitative estimate of drug-likeness (QED) is 0.425. The third-order valence-corrected chi connectivity index (χ3v) is 6.28. The smallest absolute Gasteiger partial charge is 0.253 e. The lowest BCUT2D eigenvalue weighted by molar-refractivity contribution is -0.124. The molecule has 1 aromatic carbocycles. The van der Waals surface area contributed by atoms with Gasteiger partial charge in [-0.05, 0) is 56.1 Å². The predicted octanol–water partition coefficient (Wildman–Crippen LogP) is 4.04. The van der Waals surface area contributed by atoms with Crippen LogP contribution >= 0.6 is 0 Å². The molecule has 3 atom stereocenters. The van der Waals surface area contributed by atoms with E-state index in [4.69, 9.17) is 5.73 Å². The Bertz CT molecular complexity index is 769. The maximum absolute atomic E-state index is 12.9. The summed E-state index contributed by atoms with van der Waals surface area (Å²) in [6, 6.07) is 6.77. The minimum absolute atomic E-state index is 0.0222. The highest BCUT2D eigenvalue weighted by molar-refractivity contribution is 6.00. The third-order valence-electron chi connectivity index (χ3n) is 6.28. The highest BCUT2D eigenvalue weighted by Gasteiger charge is 2.26. The van der Waals surface area contributed by atoms with Gasteiger partial charge in [-0.2, -0.15) is 0 Å². The molecule has 1 aliphatic carbocycles. The Morgan fingerprint density at radius 3 is 2.31 bits per heavy atom. The Morgan fingerprint density at radius 2 is 1.72 bits per heavy atom. The van der Waals surface area contributed by atoms with E-state index in [0.717, 1.165) is 19.4 Å². The topological polar surface area (TPSA) is 92.5 Å². The zero-order chi connectivity index (χ0) is 23.7. The van der Waals surface area contributed by atoms with Crippen molar-refractivity contribution < 1.29 is 14.4 Å². The van der Waals surface area contributed by atoms with Crippen molar-refractivity contribution >= 4 is 17.6 Å². The van der Waals surface area contributed by atoms with Gasteiger partial charge in [0.05, 0.1) is 0 Å². The molecule has 0 spiro atoms. The van der Waals surface area contributed by atoms with Crippen LogP contribution in [0.25, 0.3) is 0 Å². The largest absolute Gasteiger partial charge is 0.356 e. The first kappa shape index (κ1) is 26.0. The Hall–Kier alpha value is -2.21. The fraction of sp³-hybridized carbons (Fsp3) is 0.654. The molecule has 0 unspecified atom stereocenters. The van der Waals surface area contributed by atoms with E-state index in [1.165, 1.54) is 12.8 Å². The van der Waals surface area contributed by atoms with Crippen molar-refractivity contribution in [3.63, 3.8) is 0 Å². The first-order chi connectivity index (χ1) is 15.3. The van der Waals surface area contributed by atoms with Gasteiger partial charge in [0.1, 0.15) is 0 Å². The second-order valence-corrected chi connectivity index (χ2v) is 9.47. The van der Waals surface area contributed by atoms with Gasteiger partial charge in [0, 0.05) is 49.1 Å². The minimum Gasteiger partial charge on any atom is -0.356 e. The van der Waals surface area contributed by atoms with Gasteiger partial charge in [0.2, 0.25) is 5.91 Å². The molecule has 1 fully saturated rings. The van der Waals surface area contributed by atoms with Crippen LogP contribution in [0.4, 0.5) is 0 Å². The van der Waals surface area contributed by atoms with Gasteiger partial charge in [0.25, 0.3) is 5.91 Å². The van der Waals surface area contributed by atoms with Crippen molar-refractivity contribution in [2.75, 3.05) is 19.6 Å². The molecule has 1 aliphatic rings. The van der Waals surface area contributed by atoms with Crippen LogP contribution in [0, 0.1) is 17.8 Å². The van der Waals surface area contributed by atoms with E-state index in [0.29, 0.717) is 43.0 Å². The molecular formula is C26H41N3O3. The zero-order valence-electron chi connectivity index (χ0n) is 20.2. The predicted molar refractivity (Wildman–Crippen MR) is 129 cm³/mol. The van der Waals surface area contributed by atoms with Crippen molar-refractivity contribution in [3.8, 4) is 0 Å². The lowest BCUT2D eigenvalue weighted by atomic mass is 9.88. The molecule has 178 valence electrons. The SMILES string of the molecule is CCCN(CCC)C(=O)c1cccc(C(=O)C[C@@H](C)[C@@H](N)C[C@@H](C)C(=O)NCC2CC2)c1. The lowest BCUT2D eigenvalue weighted by Gasteiger charge is -2.23. The highest BCUT2D eigenvalue weighted by atomic mass is 16.2. The number of amides is 2. The molecule has 0 aliphatic heterocycles. The van der Waals surface area contributed by atoms with E-state index < -0.39 is 0 Å². The zero-order valence-corrected chi connectivity index (χ0v) is 20.2. The first-order valence-electron chi connectivity index (χ1n) is 12.2. The van der Waals surface area contributed by atoms with Crippen LogP contribution in [-0.2, 0) is 4.79 Å². The average molecular weight is 444 g/mol. The van der Waals surface area contributed by atoms with E-state index in [9.17, 15) is 14.4 Å². The van der Waals surface area contributed by atoms with E-state index in [1.54, 1.807) is 24.3 Å². The summed E-state index contributed by atoms with van der Waals surface area (Å²) in [5.41, 5.74) is 7.43. The van der Waals surface area contributed by atoms with E-state index in [1.807, 2.05) is 18.7 Å². The van der Waals surface area contributed by atoms with Gasteiger partial charge in [-0.25, -0.2) is 0 Å². The molecule has 3 N–H and O–H groups in total. The highest BCUT2D eigenvalue weighted by Crippen LogP contribution is 2.27. The van der Waals surface area contributed by atoms with Gasteiger partial charge in [-0.1, -0.05) is 39.8 Å². The number of hydrogen-bond donors (Lipinski definition) is 2. The maximum atomic E-state index is 12.9. The van der Waals surface area contributed by atoms with E-state index >= 15 is 0 Å². The number of nitrogens with two attached hydrogens (primary N) is 1. The Kier molecular flexibility index (Phi) is 10.4. The van der Waals surface area contributed by atoms with Crippen molar-refractivity contribution in [2.24, 2.45) is 23.5 Å². The van der Waals surface area contributed by atoms with E-state index in [2.05, 4.69) is 19.2 Å². The normalized spacial score (nSPS) is 16.2. The van der Waals surface area contributed by atoms with Crippen LogP contribution in [0.2, 0.25) is 0 Å². The molecule has 1 aromatic rings. The molecule has 6 heteroatoms. The molecule has 2 amide bonds. The summed E-state index contributed by atoms with van der Waals surface area (Å²) in [6.45, 7) is 10.1. The number of carbonyl (C=O) groups excluding carboxylic acids is 3. The second kappa shape index (κ2) is 12.7. The molecule has 0 aromatic heterocycles. The van der Waals surface area contributed by atoms with Gasteiger partial charge >= 0.3 is 0 Å². The van der Waals surface area contributed by atoms with Gasteiger partial charge in [-0.15, -0.1) is 0 Å². The van der Waals surface area contributed by atoms with Gasteiger partial charge in [0.15, 0.2) is 5.78 Å². The Balaban J connectivity index is 1.92. The summed E-state index contributed by atoms with van der Waals surface area (Å²) in [7, 11) is 0. The molecule has 1 saturated carbocycles. The average Bonchev–Trinajstić information content (AvgIpc) is 3.61. The van der Waals surface area contributed by atoms with Crippen LogP contribution in [0.15, 0.2) is 24.3 Å². The van der Waals surface area contributed by atoms with Crippen LogP contribution in [0.5, 0.6) is 0 Å². The molecule has 0 heterocycles. The fourth-order valence-electron chi connectivity index (χ4n) is 3.91. The van der Waals surface area contributed by atoms with Crippen LogP contribution in [0.3, 0.4) is 0 Å². The minimum atomic E-state index is -0.241. The van der Waals surface area contributed by atoms with Crippen molar-refractivity contribution in [1.82, 2.24) is 10.2 Å². The number of benzene rings is 1. The number of hydrogen-bond acceptors (Lipinski definition) is 4. The van der Waals surface area contributed by atoms with Crippen molar-refractivity contribution in [3.05, 3.63) is 35.4 Å². The van der Waals surface area contributed by atoms with Crippen LogP contribution in [0.1, 0.15) is 86.9 Å². The maximum Gasteiger partial charge on any atom is 0.253 e. The molecule has 32 heavy (non-hydrogen) atoms. The summed E-state index contributed by atoms with van der Waals surface area (Å²) in [6.07, 6.45) is 5.05. The lowest BCUT2D eigenvalue weighted by Crippen LogP contribution is -2.37. The van der Waals surface area contributed by atoms with E-state index in [-0.39, 0.29) is 35.5 Å². The molecule has 0 radical (unpaired) electrons. The number of nitrogens with zero attached hydrogens (tertiary/aromatic N) is 1. The summed E-state index contributed by atoms with van der Waals surface area (Å²) >= 11 is 0. The summed E-state index contributed by atoms with van der Waals surface area (Å²) < 4.78 is 0. The number of nitrogens with one attached hydrogen (secondary N) is 1. The van der Waals surface area contributed by atoms with Crippen molar-refractivity contribution in [2.45, 2.75) is 72.3 Å². The van der Waals surface area contributed by atoms with Gasteiger partial charge < -0.3 is 16.0 Å². The van der Waals surface area contributed by atoms with Crippen LogP contribution in [-0.4, -0.2) is 48.2 Å². The summed E-state index contributed by atoms with van der Waals surface area (Å²) in [5, 5.41) is 3.00. The standard InChI is InChI=1S/C26H41N3O3/c1-5-12-29(13-6-2)26(32)22-9-7-8-21(16-22)24(30)15-18(3)23(27)14-19(4)25(31)28-17-20-10-11-20/h7-9,16,18-20,23H,5-6,10-15,17,27H2,1-4H3,(H,28,31)/t18-,19-,23+/m1/s1. The second-order valence-electron chi connectivity index (χ2n) is 9.47. The molecule has 0 bridgehead atoms. The van der Waals surface area contributed by atoms with Gasteiger partial charge in [-0.3, -0.25) is 14.4 Å². The first-order valence-corrected chi connectivity index (χ1v) is 12.2. The molecule has 2 rings (SSSR count). The molecule has 6 nitrogen and oxygen atoms in total. The third kappa shape index (κ3) is 8.05. The number of ketones is 1. The number of carbonyl (C=O) groups is 3. The molecular weight excluding hydrogens is 402 g/mol. The van der Waals surface area contributed by atoms with Crippen LogP contribution < -0.4 is 11.1 Å². The molecule has 0 saturated heterocycles. The fourth-order valence-corrected chi connectivity index (χ4v) is 3.91. The monoisotopic (exact) mass is 443 g/mol.